The first-order valence-corrected chi connectivity index (χ1v) is 6.12. The quantitative estimate of drug-likeness (QED) is 0.856. The summed E-state index contributed by atoms with van der Waals surface area (Å²) in [6.07, 6.45) is 4.21. The molecule has 2 heteroatoms. The molecule has 2 aromatic rings. The topological polar surface area (TPSA) is 25.2 Å². The van der Waals surface area contributed by atoms with Gasteiger partial charge in [-0.3, -0.25) is 0 Å². The molecule has 1 aromatic carbocycles. The highest BCUT2D eigenvalue weighted by Crippen LogP contribution is 2.49. The SMILES string of the molecule is Cn1cccc1[C@](O)(c1ccccc1)C1CC1. The van der Waals surface area contributed by atoms with Crippen molar-refractivity contribution in [1.29, 1.82) is 0 Å². The minimum absolute atomic E-state index is 0.360. The third-order valence-corrected chi connectivity index (χ3v) is 3.72. The van der Waals surface area contributed by atoms with Crippen molar-refractivity contribution < 1.29 is 5.11 Å². The van der Waals surface area contributed by atoms with E-state index in [0.717, 1.165) is 24.1 Å². The molecule has 1 N–H and O–H groups in total. The molecule has 2 nitrogen and oxygen atoms in total. The molecular weight excluding hydrogens is 210 g/mol. The summed E-state index contributed by atoms with van der Waals surface area (Å²) in [5.74, 6) is 0.360. The molecule has 1 saturated carbocycles. The molecule has 0 aliphatic heterocycles. The lowest BCUT2D eigenvalue weighted by molar-refractivity contribution is 0.0491. The third kappa shape index (κ3) is 1.60. The van der Waals surface area contributed by atoms with Crippen molar-refractivity contribution in [2.24, 2.45) is 13.0 Å². The zero-order chi connectivity index (χ0) is 11.9. The van der Waals surface area contributed by atoms with Crippen LogP contribution >= 0.6 is 0 Å². The average Bonchev–Trinajstić information content (AvgIpc) is 3.13. The van der Waals surface area contributed by atoms with Gasteiger partial charge in [0.1, 0.15) is 5.60 Å². The van der Waals surface area contributed by atoms with Gasteiger partial charge >= 0.3 is 0 Å². The van der Waals surface area contributed by atoms with Crippen LogP contribution in [0.25, 0.3) is 0 Å². The van der Waals surface area contributed by atoms with Crippen molar-refractivity contribution in [2.45, 2.75) is 18.4 Å². The van der Waals surface area contributed by atoms with Gasteiger partial charge < -0.3 is 9.67 Å². The van der Waals surface area contributed by atoms with Gasteiger partial charge in [0.2, 0.25) is 0 Å². The van der Waals surface area contributed by atoms with Gasteiger partial charge in [0.05, 0.1) is 5.69 Å². The lowest BCUT2D eigenvalue weighted by Crippen LogP contribution is -2.32. The van der Waals surface area contributed by atoms with Crippen molar-refractivity contribution >= 4 is 0 Å². The lowest BCUT2D eigenvalue weighted by Gasteiger charge is -2.29. The van der Waals surface area contributed by atoms with E-state index in [9.17, 15) is 5.11 Å². The van der Waals surface area contributed by atoms with Gasteiger partial charge in [-0.1, -0.05) is 30.3 Å². The highest BCUT2D eigenvalue weighted by Gasteiger charge is 2.47. The molecular formula is C15H17NO. The second-order valence-corrected chi connectivity index (χ2v) is 4.91. The van der Waals surface area contributed by atoms with Crippen molar-refractivity contribution in [3.63, 3.8) is 0 Å². The van der Waals surface area contributed by atoms with E-state index in [2.05, 4.69) is 0 Å². The van der Waals surface area contributed by atoms with Crippen LogP contribution in [-0.2, 0) is 12.6 Å². The summed E-state index contributed by atoms with van der Waals surface area (Å²) in [7, 11) is 1.99. The number of benzene rings is 1. The van der Waals surface area contributed by atoms with Gasteiger partial charge in [-0.2, -0.15) is 0 Å². The van der Waals surface area contributed by atoms with Crippen LogP contribution in [-0.4, -0.2) is 9.67 Å². The second-order valence-electron chi connectivity index (χ2n) is 4.91. The predicted octanol–water partition coefficient (Wildman–Crippen LogP) is 2.67. The Hall–Kier alpha value is -1.54. The Morgan fingerprint density at radius 1 is 1.12 bits per heavy atom. The Bertz CT molecular complexity index is 513. The van der Waals surface area contributed by atoms with E-state index in [-0.39, 0.29) is 0 Å². The van der Waals surface area contributed by atoms with Crippen molar-refractivity contribution in [1.82, 2.24) is 4.57 Å². The summed E-state index contributed by atoms with van der Waals surface area (Å²) in [6, 6.07) is 14.0. The molecule has 0 unspecified atom stereocenters. The van der Waals surface area contributed by atoms with Crippen LogP contribution in [0.2, 0.25) is 0 Å². The summed E-state index contributed by atoms with van der Waals surface area (Å²) in [5.41, 5.74) is 1.18. The number of aromatic nitrogens is 1. The van der Waals surface area contributed by atoms with E-state index in [1.807, 2.05) is 60.3 Å². The molecule has 0 radical (unpaired) electrons. The van der Waals surface area contributed by atoms with Crippen molar-refractivity contribution in [3.05, 3.63) is 59.9 Å². The molecule has 0 saturated heterocycles. The number of hydrogen-bond donors (Lipinski definition) is 1. The van der Waals surface area contributed by atoms with E-state index in [4.69, 9.17) is 0 Å². The fourth-order valence-corrected chi connectivity index (χ4v) is 2.64. The van der Waals surface area contributed by atoms with E-state index in [1.54, 1.807) is 0 Å². The van der Waals surface area contributed by atoms with E-state index < -0.39 is 5.60 Å². The maximum absolute atomic E-state index is 11.1. The molecule has 1 fully saturated rings. The first-order valence-electron chi connectivity index (χ1n) is 6.12. The minimum Gasteiger partial charge on any atom is -0.379 e. The van der Waals surface area contributed by atoms with E-state index in [1.165, 1.54) is 0 Å². The highest BCUT2D eigenvalue weighted by atomic mass is 16.3. The van der Waals surface area contributed by atoms with Gasteiger partial charge in [0.15, 0.2) is 0 Å². The zero-order valence-corrected chi connectivity index (χ0v) is 10.0. The standard InChI is InChI=1S/C15H17NO/c1-16-11-5-8-14(16)15(17,13-9-10-13)12-6-3-2-4-7-12/h2-8,11,13,17H,9-10H2,1H3/t15-/m0/s1. The Morgan fingerprint density at radius 2 is 1.82 bits per heavy atom. The van der Waals surface area contributed by atoms with Crippen LogP contribution in [0, 0.1) is 5.92 Å². The summed E-state index contributed by atoms with van der Waals surface area (Å²) < 4.78 is 2.02. The Morgan fingerprint density at radius 3 is 2.35 bits per heavy atom. The monoisotopic (exact) mass is 227 g/mol. The molecule has 1 atom stereocenters. The van der Waals surface area contributed by atoms with Gasteiger partial charge in [0, 0.05) is 13.2 Å². The Balaban J connectivity index is 2.14. The number of aryl methyl sites for hydroxylation is 1. The highest BCUT2D eigenvalue weighted by molar-refractivity contribution is 5.35. The second kappa shape index (κ2) is 3.74. The van der Waals surface area contributed by atoms with Crippen LogP contribution in [0.1, 0.15) is 24.1 Å². The largest absolute Gasteiger partial charge is 0.379 e. The number of rotatable bonds is 3. The predicted molar refractivity (Wildman–Crippen MR) is 67.6 cm³/mol. The van der Waals surface area contributed by atoms with Crippen LogP contribution in [0.3, 0.4) is 0 Å². The molecule has 0 spiro atoms. The summed E-state index contributed by atoms with van der Waals surface area (Å²) in [6.45, 7) is 0. The summed E-state index contributed by atoms with van der Waals surface area (Å²) in [4.78, 5) is 0. The molecule has 3 rings (SSSR count). The molecule has 0 amide bonds. The third-order valence-electron chi connectivity index (χ3n) is 3.72. The first-order chi connectivity index (χ1) is 8.23. The van der Waals surface area contributed by atoms with Gasteiger partial charge in [-0.25, -0.2) is 0 Å². The van der Waals surface area contributed by atoms with Crippen molar-refractivity contribution in [2.75, 3.05) is 0 Å². The fourth-order valence-electron chi connectivity index (χ4n) is 2.64. The molecule has 88 valence electrons. The zero-order valence-electron chi connectivity index (χ0n) is 10.0. The van der Waals surface area contributed by atoms with E-state index >= 15 is 0 Å². The maximum Gasteiger partial charge on any atom is 0.132 e. The molecule has 1 aliphatic carbocycles. The van der Waals surface area contributed by atoms with Gasteiger partial charge in [-0.15, -0.1) is 0 Å². The Labute approximate surface area is 102 Å². The minimum atomic E-state index is -0.820. The molecule has 1 aliphatic rings. The van der Waals surface area contributed by atoms with Crippen LogP contribution in [0.15, 0.2) is 48.7 Å². The van der Waals surface area contributed by atoms with Crippen LogP contribution in [0.5, 0.6) is 0 Å². The molecule has 0 bridgehead atoms. The smallest absolute Gasteiger partial charge is 0.132 e. The normalized spacial score (nSPS) is 18.9. The van der Waals surface area contributed by atoms with E-state index in [0.29, 0.717) is 5.92 Å². The molecule has 1 aromatic heterocycles. The number of nitrogens with zero attached hydrogens (tertiary/aromatic N) is 1. The van der Waals surface area contributed by atoms with Crippen LogP contribution < -0.4 is 0 Å². The first kappa shape index (κ1) is 10.6. The Kier molecular flexibility index (Phi) is 2.33. The molecule has 17 heavy (non-hydrogen) atoms. The van der Waals surface area contributed by atoms with Gasteiger partial charge in [-0.05, 0) is 36.5 Å². The fraction of sp³-hybridized carbons (Fsp3) is 0.333. The maximum atomic E-state index is 11.1. The summed E-state index contributed by atoms with van der Waals surface area (Å²) >= 11 is 0. The molecule has 1 heterocycles. The summed E-state index contributed by atoms with van der Waals surface area (Å²) in [5, 5.41) is 11.1. The van der Waals surface area contributed by atoms with Crippen LogP contribution in [0.4, 0.5) is 0 Å². The van der Waals surface area contributed by atoms with Crippen molar-refractivity contribution in [3.8, 4) is 0 Å². The average molecular weight is 227 g/mol. The lowest BCUT2D eigenvalue weighted by atomic mass is 9.85. The number of hydrogen-bond acceptors (Lipinski definition) is 1. The number of aliphatic hydroxyl groups is 1. The van der Waals surface area contributed by atoms with Gasteiger partial charge in [0.25, 0.3) is 0 Å².